The molecule has 2 aliphatic rings. The van der Waals surface area contributed by atoms with Crippen molar-refractivity contribution in [3.8, 4) is 17.1 Å². The van der Waals surface area contributed by atoms with Crippen molar-refractivity contribution < 1.29 is 18.6 Å². The highest BCUT2D eigenvalue weighted by atomic mass is 19.1. The summed E-state index contributed by atoms with van der Waals surface area (Å²) in [6.07, 6.45) is 0.0786. The topological polar surface area (TPSA) is 54.4 Å². The van der Waals surface area contributed by atoms with Crippen LogP contribution in [-0.4, -0.2) is 29.3 Å². The van der Waals surface area contributed by atoms with Gasteiger partial charge >= 0.3 is 0 Å². The van der Waals surface area contributed by atoms with Gasteiger partial charge in [0, 0.05) is 42.1 Å². The number of halogens is 2. The van der Waals surface area contributed by atoms with Gasteiger partial charge in [-0.15, -0.1) is 0 Å². The number of fused-ring (bicyclic) bond motifs is 1. The van der Waals surface area contributed by atoms with E-state index in [2.05, 4.69) is 10.3 Å². The van der Waals surface area contributed by atoms with E-state index in [0.717, 1.165) is 13.1 Å². The predicted molar refractivity (Wildman–Crippen MR) is 89.1 cm³/mol. The summed E-state index contributed by atoms with van der Waals surface area (Å²) in [5.74, 6) is 0.192. The number of ether oxygens (including phenoxy) is 1. The molecule has 2 fully saturated rings. The predicted octanol–water partition coefficient (Wildman–Crippen LogP) is 2.85. The van der Waals surface area contributed by atoms with E-state index in [1.807, 2.05) is 0 Å². The Bertz CT molecular complexity index is 792. The molecule has 1 aromatic carbocycles. The molecule has 6 heteroatoms. The highest BCUT2D eigenvalue weighted by Gasteiger charge is 2.55. The highest BCUT2D eigenvalue weighted by molar-refractivity contribution is 5.62. The van der Waals surface area contributed by atoms with E-state index in [1.165, 1.54) is 44.2 Å². The molecule has 25 heavy (non-hydrogen) atoms. The van der Waals surface area contributed by atoms with Crippen molar-refractivity contribution in [1.82, 2.24) is 10.3 Å². The summed E-state index contributed by atoms with van der Waals surface area (Å²) in [7, 11) is 0. The minimum absolute atomic E-state index is 0.0542. The third-order valence-electron chi connectivity index (χ3n) is 4.98. The first-order valence-corrected chi connectivity index (χ1v) is 8.41. The largest absolute Gasteiger partial charge is 0.474 e. The lowest BCUT2D eigenvalue weighted by Crippen LogP contribution is -2.22. The molecule has 2 aromatic rings. The van der Waals surface area contributed by atoms with Crippen LogP contribution in [0.4, 0.5) is 8.78 Å². The maximum Gasteiger partial charge on any atom is 0.214 e. The number of aromatic nitrogens is 1. The van der Waals surface area contributed by atoms with Gasteiger partial charge in [0.15, 0.2) is 5.82 Å². The fourth-order valence-electron chi connectivity index (χ4n) is 3.49. The molecule has 0 radical (unpaired) electrons. The third-order valence-corrected chi connectivity index (χ3v) is 4.98. The van der Waals surface area contributed by atoms with Crippen LogP contribution in [0.15, 0.2) is 30.3 Å². The van der Waals surface area contributed by atoms with Crippen LogP contribution in [0.25, 0.3) is 11.3 Å². The molecule has 0 bridgehead atoms. The maximum absolute atomic E-state index is 14.9. The van der Waals surface area contributed by atoms with Gasteiger partial charge in [0.05, 0.1) is 5.60 Å². The molecular weight excluding hydrogens is 326 g/mol. The monoisotopic (exact) mass is 346 g/mol. The summed E-state index contributed by atoms with van der Waals surface area (Å²) in [6, 6.07) is 6.90. The Morgan fingerprint density at radius 3 is 2.40 bits per heavy atom. The number of nitrogens with zero attached hydrogens (tertiary/aromatic N) is 1. The van der Waals surface area contributed by atoms with Gasteiger partial charge in [-0.1, -0.05) is 0 Å². The minimum Gasteiger partial charge on any atom is -0.474 e. The summed E-state index contributed by atoms with van der Waals surface area (Å²) in [5, 5.41) is 13.6. The Labute approximate surface area is 144 Å². The van der Waals surface area contributed by atoms with Crippen LogP contribution in [0.3, 0.4) is 0 Å². The molecular formula is C19H20F2N2O2. The molecule has 0 unspecified atom stereocenters. The molecule has 1 aliphatic carbocycles. The van der Waals surface area contributed by atoms with Crippen LogP contribution in [0.1, 0.15) is 19.4 Å². The van der Waals surface area contributed by atoms with Gasteiger partial charge in [0.2, 0.25) is 5.88 Å². The van der Waals surface area contributed by atoms with Crippen LogP contribution in [0.2, 0.25) is 0 Å². The van der Waals surface area contributed by atoms with Gasteiger partial charge in [0.25, 0.3) is 0 Å². The van der Waals surface area contributed by atoms with E-state index in [1.54, 1.807) is 0 Å². The van der Waals surface area contributed by atoms with Crippen molar-refractivity contribution in [2.24, 2.45) is 11.8 Å². The highest BCUT2D eigenvalue weighted by Crippen LogP contribution is 2.45. The molecule has 2 N–H and O–H groups in total. The average Bonchev–Trinajstić information content (AvgIpc) is 2.98. The quantitative estimate of drug-likeness (QED) is 0.894. The first-order valence-electron chi connectivity index (χ1n) is 8.41. The Morgan fingerprint density at radius 1 is 1.16 bits per heavy atom. The number of pyridine rings is 1. The van der Waals surface area contributed by atoms with Gasteiger partial charge < -0.3 is 15.2 Å². The number of rotatable bonds is 4. The summed E-state index contributed by atoms with van der Waals surface area (Å²) in [6.45, 7) is 4.86. The van der Waals surface area contributed by atoms with E-state index in [9.17, 15) is 13.9 Å². The summed E-state index contributed by atoms with van der Waals surface area (Å²) < 4.78 is 34.1. The molecule has 0 spiro atoms. The van der Waals surface area contributed by atoms with Crippen LogP contribution in [0.5, 0.6) is 5.88 Å². The van der Waals surface area contributed by atoms with Crippen LogP contribution < -0.4 is 10.1 Å². The maximum atomic E-state index is 14.9. The summed E-state index contributed by atoms with van der Waals surface area (Å²) >= 11 is 0. The molecule has 1 saturated heterocycles. The molecule has 4 nitrogen and oxygen atoms in total. The fraction of sp³-hybridized carbons (Fsp3) is 0.421. The second-order valence-corrected chi connectivity index (χ2v) is 7.30. The first-order chi connectivity index (χ1) is 11.8. The van der Waals surface area contributed by atoms with E-state index in [-0.39, 0.29) is 23.2 Å². The third kappa shape index (κ3) is 3.00. The van der Waals surface area contributed by atoms with E-state index in [0.29, 0.717) is 17.4 Å². The summed E-state index contributed by atoms with van der Waals surface area (Å²) in [4.78, 5) is 4.30. The zero-order valence-corrected chi connectivity index (χ0v) is 14.1. The average molecular weight is 346 g/mol. The Morgan fingerprint density at radius 2 is 1.80 bits per heavy atom. The number of nitrogens with one attached hydrogen (secondary N) is 1. The second kappa shape index (κ2) is 5.75. The van der Waals surface area contributed by atoms with Gasteiger partial charge in [-0.3, -0.25) is 0 Å². The number of piperidine rings is 1. The van der Waals surface area contributed by atoms with E-state index >= 15 is 0 Å². The molecule has 4 rings (SSSR count). The standard InChI is InChI=1S/C19H20F2N2O2/c1-19(2,24)14-7-15(25-18-12-8-22-9-13(12)18)23-17(16(14)21)10-3-5-11(20)6-4-10/h3-7,12-13,18,22,24H,8-9H2,1-2H3/t12-,13+,18-. The van der Waals surface area contributed by atoms with Crippen molar-refractivity contribution >= 4 is 0 Å². The van der Waals surface area contributed by atoms with Gasteiger partial charge in [-0.2, -0.15) is 0 Å². The number of aliphatic hydroxyl groups is 1. The minimum atomic E-state index is -1.39. The van der Waals surface area contributed by atoms with E-state index in [4.69, 9.17) is 4.74 Å². The van der Waals surface area contributed by atoms with Crippen molar-refractivity contribution in [3.63, 3.8) is 0 Å². The van der Waals surface area contributed by atoms with Crippen LogP contribution in [-0.2, 0) is 5.60 Å². The van der Waals surface area contributed by atoms with E-state index < -0.39 is 17.2 Å². The SMILES string of the molecule is CC(C)(O)c1cc(O[C@@H]2[C@@H]3CNC[C@@H]32)nc(-c2ccc(F)cc2)c1F. The molecule has 2 heterocycles. The molecule has 132 valence electrons. The van der Waals surface area contributed by atoms with Gasteiger partial charge in [0.1, 0.15) is 17.6 Å². The van der Waals surface area contributed by atoms with Crippen molar-refractivity contribution in [2.75, 3.05) is 13.1 Å². The Kier molecular flexibility index (Phi) is 3.77. The molecule has 0 amide bonds. The summed E-state index contributed by atoms with van der Waals surface area (Å²) in [5.41, 5.74) is -0.784. The normalized spacial score (nSPS) is 24.9. The van der Waals surface area contributed by atoms with Crippen LogP contribution >= 0.6 is 0 Å². The number of benzene rings is 1. The number of hydrogen-bond donors (Lipinski definition) is 2. The molecule has 1 saturated carbocycles. The molecule has 1 aromatic heterocycles. The van der Waals surface area contributed by atoms with Crippen LogP contribution in [0, 0.1) is 23.5 Å². The lowest BCUT2D eigenvalue weighted by molar-refractivity contribution is 0.0739. The second-order valence-electron chi connectivity index (χ2n) is 7.30. The molecule has 1 aliphatic heterocycles. The fourth-order valence-corrected chi connectivity index (χ4v) is 3.49. The Hall–Kier alpha value is -2.05. The van der Waals surface area contributed by atoms with Crippen molar-refractivity contribution in [3.05, 3.63) is 47.5 Å². The lowest BCUT2D eigenvalue weighted by atomic mass is 9.96. The lowest BCUT2D eigenvalue weighted by Gasteiger charge is -2.21. The van der Waals surface area contributed by atoms with Gasteiger partial charge in [-0.05, 0) is 38.1 Å². The van der Waals surface area contributed by atoms with Crippen molar-refractivity contribution in [2.45, 2.75) is 25.6 Å². The first kappa shape index (κ1) is 16.4. The Balaban J connectivity index is 1.74. The van der Waals surface area contributed by atoms with Gasteiger partial charge in [-0.25, -0.2) is 13.8 Å². The smallest absolute Gasteiger partial charge is 0.214 e. The zero-order valence-electron chi connectivity index (χ0n) is 14.1. The number of hydrogen-bond acceptors (Lipinski definition) is 4. The molecule has 3 atom stereocenters. The van der Waals surface area contributed by atoms with Crippen molar-refractivity contribution in [1.29, 1.82) is 0 Å². The zero-order chi connectivity index (χ0) is 17.8.